The Bertz CT molecular complexity index is 3140. The number of hydrogen-bond donors (Lipinski definition) is 0. The Morgan fingerprint density at radius 2 is 0.633 bits per heavy atom. The second-order valence-electron chi connectivity index (χ2n) is 15.3. The molecular weight excluding hydrogens is 725 g/mol. The van der Waals surface area contributed by atoms with Crippen molar-refractivity contribution in [3.63, 3.8) is 0 Å². The van der Waals surface area contributed by atoms with Gasteiger partial charge in [-0.3, -0.25) is 0 Å². The van der Waals surface area contributed by atoms with Gasteiger partial charge >= 0.3 is 0 Å². The van der Waals surface area contributed by atoms with Gasteiger partial charge in [0, 0.05) is 11.3 Å². The summed E-state index contributed by atoms with van der Waals surface area (Å²) in [4.78, 5) is 0. The van der Waals surface area contributed by atoms with Gasteiger partial charge in [-0.15, -0.1) is 0 Å². The molecule has 2 aromatic heterocycles. The molecule has 2 nitrogen and oxygen atoms in total. The van der Waals surface area contributed by atoms with Gasteiger partial charge in [-0.05, 0) is 115 Å². The average Bonchev–Trinajstić information content (AvgIpc) is 3.98. The number of fused-ring (bicyclic) bond motifs is 2. The zero-order valence-corrected chi connectivity index (χ0v) is 33.0. The monoisotopic (exact) mass is 764 g/mol. The Labute approximate surface area is 350 Å². The Kier molecular flexibility index (Phi) is 8.87. The molecule has 2 heterocycles. The van der Waals surface area contributed by atoms with Crippen molar-refractivity contribution in [2.75, 3.05) is 0 Å². The zero-order valence-electron chi connectivity index (χ0n) is 33.0. The van der Waals surface area contributed by atoms with Gasteiger partial charge in [-0.1, -0.05) is 188 Å². The number of hydrogen-bond acceptors (Lipinski definition) is 0. The Balaban J connectivity index is 1.22. The molecular formula is C58H40N2. The van der Waals surface area contributed by atoms with E-state index in [0.717, 1.165) is 34.2 Å². The lowest BCUT2D eigenvalue weighted by Crippen LogP contribution is -2.04. The molecule has 9 aromatic carbocycles. The SMILES string of the molecule is c1ccc(-c2cc(-n3c(-c4ccccc4)ccc3-c3ccccc3)c(-c3ccccc3)c3cc4ccc(-n5c(-c6ccccc6)ccc5-c5ccccc5)cc4cc23)cc1. The van der Waals surface area contributed by atoms with Crippen molar-refractivity contribution in [1.29, 1.82) is 0 Å². The summed E-state index contributed by atoms with van der Waals surface area (Å²) < 4.78 is 4.89. The molecule has 0 aliphatic heterocycles. The van der Waals surface area contributed by atoms with E-state index in [4.69, 9.17) is 0 Å². The van der Waals surface area contributed by atoms with Crippen molar-refractivity contribution < 1.29 is 0 Å². The molecule has 0 amide bonds. The molecule has 2 heteroatoms. The molecule has 0 saturated heterocycles. The lowest BCUT2D eigenvalue weighted by molar-refractivity contribution is 1.10. The first kappa shape index (κ1) is 35.2. The summed E-state index contributed by atoms with van der Waals surface area (Å²) in [5.74, 6) is 0. The second-order valence-corrected chi connectivity index (χ2v) is 15.3. The third-order valence-electron chi connectivity index (χ3n) is 11.7. The topological polar surface area (TPSA) is 9.86 Å². The molecule has 0 fully saturated rings. The van der Waals surface area contributed by atoms with Crippen LogP contribution in [-0.2, 0) is 0 Å². The summed E-state index contributed by atoms with van der Waals surface area (Å²) in [5.41, 5.74) is 16.3. The molecule has 0 aliphatic rings. The molecule has 0 radical (unpaired) electrons. The third-order valence-corrected chi connectivity index (χ3v) is 11.7. The van der Waals surface area contributed by atoms with Gasteiger partial charge in [0.1, 0.15) is 0 Å². The summed E-state index contributed by atoms with van der Waals surface area (Å²) in [6.07, 6.45) is 0. The number of aromatic nitrogens is 2. The molecule has 0 aliphatic carbocycles. The van der Waals surface area contributed by atoms with Crippen molar-refractivity contribution in [3.05, 3.63) is 243 Å². The van der Waals surface area contributed by atoms with E-state index in [-0.39, 0.29) is 0 Å². The minimum atomic E-state index is 1.12. The number of nitrogens with zero attached hydrogens (tertiary/aromatic N) is 2. The van der Waals surface area contributed by atoms with E-state index in [0.29, 0.717) is 0 Å². The summed E-state index contributed by atoms with van der Waals surface area (Å²) >= 11 is 0. The van der Waals surface area contributed by atoms with Gasteiger partial charge in [0.2, 0.25) is 0 Å². The quantitative estimate of drug-likeness (QED) is 0.136. The number of rotatable bonds is 8. The molecule has 11 aromatic rings. The average molecular weight is 765 g/mol. The van der Waals surface area contributed by atoms with Crippen LogP contribution in [0.1, 0.15) is 0 Å². The zero-order chi connectivity index (χ0) is 39.8. The number of benzene rings is 9. The van der Waals surface area contributed by atoms with Crippen LogP contribution in [0, 0.1) is 0 Å². The first-order chi connectivity index (χ1) is 29.8. The predicted molar refractivity (Wildman–Crippen MR) is 253 cm³/mol. The Morgan fingerprint density at radius 1 is 0.250 bits per heavy atom. The van der Waals surface area contributed by atoms with Gasteiger partial charge < -0.3 is 9.13 Å². The highest BCUT2D eigenvalue weighted by Gasteiger charge is 2.23. The van der Waals surface area contributed by atoms with E-state index in [1.54, 1.807) is 0 Å². The van der Waals surface area contributed by atoms with Crippen LogP contribution in [0.4, 0.5) is 0 Å². The van der Waals surface area contributed by atoms with E-state index >= 15 is 0 Å². The smallest absolute Gasteiger partial charge is 0.0553 e. The van der Waals surface area contributed by atoms with E-state index in [1.165, 1.54) is 66.1 Å². The summed E-state index contributed by atoms with van der Waals surface area (Å²) in [7, 11) is 0. The van der Waals surface area contributed by atoms with Crippen LogP contribution in [0.15, 0.2) is 243 Å². The highest BCUT2D eigenvalue weighted by Crippen LogP contribution is 2.45. The van der Waals surface area contributed by atoms with Crippen molar-refractivity contribution in [2.45, 2.75) is 0 Å². The molecule has 11 rings (SSSR count). The second kappa shape index (κ2) is 15.1. The maximum Gasteiger partial charge on any atom is 0.0553 e. The predicted octanol–water partition coefficient (Wildman–Crippen LogP) is 15.6. The maximum absolute atomic E-state index is 2.48. The fourth-order valence-electron chi connectivity index (χ4n) is 8.97. The largest absolute Gasteiger partial charge is 0.309 e. The maximum atomic E-state index is 2.48. The standard InChI is InChI=1S/C58H40N2/c1-7-19-41(20-8-1)50-40-57(60-55(44-25-13-4-14-26-44)35-36-56(60)45-27-15-5-16-28-45)58(46-29-17-6-18-30-46)52-38-47-31-32-49(37-48(47)39-51(50)52)59-53(42-21-9-2-10-22-42)33-34-54(59)43-23-11-3-12-24-43/h1-40H. The van der Waals surface area contributed by atoms with Gasteiger partial charge in [0.25, 0.3) is 0 Å². The van der Waals surface area contributed by atoms with Crippen LogP contribution in [0.25, 0.3) is 100 Å². The fraction of sp³-hybridized carbons (Fsp3) is 0. The lowest BCUT2D eigenvalue weighted by atomic mass is 9.88. The molecule has 0 N–H and O–H groups in total. The molecule has 60 heavy (non-hydrogen) atoms. The van der Waals surface area contributed by atoms with E-state index in [2.05, 4.69) is 252 Å². The van der Waals surface area contributed by atoms with E-state index in [1.807, 2.05) is 0 Å². The van der Waals surface area contributed by atoms with Crippen molar-refractivity contribution in [2.24, 2.45) is 0 Å². The minimum absolute atomic E-state index is 1.12. The molecule has 0 unspecified atom stereocenters. The molecule has 0 bridgehead atoms. The van der Waals surface area contributed by atoms with Crippen LogP contribution in [-0.4, -0.2) is 9.13 Å². The fourth-order valence-corrected chi connectivity index (χ4v) is 8.97. The van der Waals surface area contributed by atoms with Gasteiger partial charge in [0.15, 0.2) is 0 Å². The van der Waals surface area contributed by atoms with Crippen LogP contribution in [0.3, 0.4) is 0 Å². The van der Waals surface area contributed by atoms with E-state index < -0.39 is 0 Å². The molecule has 0 saturated carbocycles. The summed E-state index contributed by atoms with van der Waals surface area (Å²) in [5, 5.41) is 4.79. The van der Waals surface area contributed by atoms with Crippen LogP contribution >= 0.6 is 0 Å². The van der Waals surface area contributed by atoms with Crippen molar-refractivity contribution in [3.8, 4) is 78.7 Å². The Hall–Kier alpha value is -7.94. The van der Waals surface area contributed by atoms with E-state index in [9.17, 15) is 0 Å². The van der Waals surface area contributed by atoms with Gasteiger partial charge in [0.05, 0.1) is 28.5 Å². The third kappa shape index (κ3) is 6.23. The Morgan fingerprint density at radius 3 is 1.08 bits per heavy atom. The lowest BCUT2D eigenvalue weighted by Gasteiger charge is -2.23. The summed E-state index contributed by atoms with van der Waals surface area (Å²) in [6, 6.07) is 88.0. The first-order valence-electron chi connectivity index (χ1n) is 20.6. The van der Waals surface area contributed by atoms with Gasteiger partial charge in [-0.2, -0.15) is 0 Å². The van der Waals surface area contributed by atoms with Crippen LogP contribution in [0.5, 0.6) is 0 Å². The van der Waals surface area contributed by atoms with Crippen LogP contribution < -0.4 is 0 Å². The highest BCUT2D eigenvalue weighted by atomic mass is 15.0. The first-order valence-corrected chi connectivity index (χ1v) is 20.6. The highest BCUT2D eigenvalue weighted by molar-refractivity contribution is 6.13. The molecule has 282 valence electrons. The summed E-state index contributed by atoms with van der Waals surface area (Å²) in [6.45, 7) is 0. The molecule has 0 spiro atoms. The van der Waals surface area contributed by atoms with Crippen molar-refractivity contribution >= 4 is 21.5 Å². The minimum Gasteiger partial charge on any atom is -0.309 e. The van der Waals surface area contributed by atoms with Gasteiger partial charge in [-0.25, -0.2) is 0 Å². The van der Waals surface area contributed by atoms with Crippen molar-refractivity contribution in [1.82, 2.24) is 9.13 Å². The normalized spacial score (nSPS) is 11.3. The van der Waals surface area contributed by atoms with Crippen LogP contribution in [0.2, 0.25) is 0 Å². The molecule has 0 atom stereocenters.